The molecule has 85 heavy (non-hydrogen) atoms. The third kappa shape index (κ3) is 35.6. The smallest absolute Gasteiger partial charge is 0.0311 e. The van der Waals surface area contributed by atoms with Crippen molar-refractivity contribution in [2.24, 2.45) is 67.9 Å². The molecule has 3 aromatic carbocycles. The van der Waals surface area contributed by atoms with Gasteiger partial charge in [0.1, 0.15) is 0 Å². The molecule has 0 heteroatoms. The van der Waals surface area contributed by atoms with Gasteiger partial charge in [-0.05, 0) is 207 Å². The van der Waals surface area contributed by atoms with E-state index in [1.54, 1.807) is 26.3 Å². The van der Waals surface area contributed by atoms with Gasteiger partial charge in [0.05, 0.1) is 0 Å². The number of rotatable bonds is 4. The summed E-state index contributed by atoms with van der Waals surface area (Å²) in [5.41, 5.74) is 15.0. The van der Waals surface area contributed by atoms with Crippen LogP contribution in [-0.4, -0.2) is 0 Å². The van der Waals surface area contributed by atoms with Gasteiger partial charge in [0.15, 0.2) is 0 Å². The van der Waals surface area contributed by atoms with Crippen molar-refractivity contribution < 1.29 is 13.7 Å². The fraction of sp³-hybridized carbons (Fsp3) is 0.788. The third-order valence-electron chi connectivity index (χ3n) is 17.5. The summed E-state index contributed by atoms with van der Waals surface area (Å²) in [6.07, 6.45) is 11.0. The maximum absolute atomic E-state index is 8.27. The minimum absolute atomic E-state index is 0.0469. The van der Waals surface area contributed by atoms with E-state index in [1.807, 2.05) is 13.8 Å². The molecule has 2 atom stereocenters. The van der Waals surface area contributed by atoms with Crippen LogP contribution in [0.15, 0.2) is 48.5 Å². The van der Waals surface area contributed by atoms with Gasteiger partial charge < -0.3 is 0 Å². The van der Waals surface area contributed by atoms with Gasteiger partial charge in [-0.3, -0.25) is 0 Å². The number of aryl methyl sites for hydroxylation is 7. The van der Waals surface area contributed by atoms with Crippen LogP contribution in [0.2, 0.25) is 0 Å². The fourth-order valence-electron chi connectivity index (χ4n) is 12.2. The molecule has 0 nitrogen and oxygen atoms in total. The van der Waals surface area contributed by atoms with Crippen LogP contribution in [0.5, 0.6) is 0 Å². The molecule has 498 valence electrons. The Hall–Kier alpha value is -2.34. The summed E-state index contributed by atoms with van der Waals surface area (Å²) in [6.45, 7) is 79.8. The first-order chi connectivity index (χ1) is 41.6. The Morgan fingerprint density at radius 3 is 0.918 bits per heavy atom. The predicted octanol–water partition coefficient (Wildman–Crippen LogP) is 28.6. The van der Waals surface area contributed by atoms with Gasteiger partial charge in [-0.1, -0.05) is 335 Å². The lowest BCUT2D eigenvalue weighted by Gasteiger charge is -2.38. The number of hydrogen-bond acceptors (Lipinski definition) is 0. The molecule has 0 heterocycles. The Morgan fingerprint density at radius 2 is 0.741 bits per heavy atom. The molecule has 0 N–H and O–H groups in total. The zero-order chi connectivity index (χ0) is 76.8. The van der Waals surface area contributed by atoms with Crippen molar-refractivity contribution in [3.63, 3.8) is 0 Å². The summed E-state index contributed by atoms with van der Waals surface area (Å²) in [7, 11) is 0. The van der Waals surface area contributed by atoms with Crippen molar-refractivity contribution in [2.45, 2.75) is 370 Å². The highest BCUT2D eigenvalue weighted by atomic mass is 14.4. The van der Waals surface area contributed by atoms with Crippen LogP contribution < -0.4 is 0 Å². The summed E-state index contributed by atoms with van der Waals surface area (Å²) < 4.78 is 77.5. The van der Waals surface area contributed by atoms with Crippen LogP contribution in [0.25, 0.3) is 0 Å². The Labute approximate surface area is 553 Å². The van der Waals surface area contributed by atoms with Gasteiger partial charge in [0.25, 0.3) is 0 Å². The highest BCUT2D eigenvalue weighted by Crippen LogP contribution is 2.41. The number of hydrogen-bond donors (Lipinski definition) is 0. The lowest BCUT2D eigenvalue weighted by Crippen LogP contribution is -2.29. The Kier molecular flexibility index (Phi) is 29.9. The summed E-state index contributed by atoms with van der Waals surface area (Å²) in [5.74, 6) is -2.62. The molecule has 0 amide bonds. The van der Waals surface area contributed by atoms with Gasteiger partial charge in [0.2, 0.25) is 0 Å². The lowest BCUT2D eigenvalue weighted by atomic mass is 9.68. The highest BCUT2D eigenvalue weighted by molar-refractivity contribution is 5.42. The Bertz CT molecular complexity index is 2550. The van der Waals surface area contributed by atoms with Crippen LogP contribution in [0.1, 0.15) is 376 Å². The molecule has 2 unspecified atom stereocenters. The molecular formula is C85H158. The molecule has 0 bridgehead atoms. The van der Waals surface area contributed by atoms with E-state index in [9.17, 15) is 0 Å². The normalized spacial score (nSPS) is 19.2. The van der Waals surface area contributed by atoms with Gasteiger partial charge in [0, 0.05) is 13.7 Å². The largest absolute Gasteiger partial charge is 0.0651 e. The topological polar surface area (TPSA) is 0 Å². The van der Waals surface area contributed by atoms with E-state index >= 15 is 0 Å². The molecule has 2 aliphatic carbocycles. The highest BCUT2D eigenvalue weighted by Gasteiger charge is 2.31. The first kappa shape index (κ1) is 68.6. The minimum Gasteiger partial charge on any atom is -0.0651 e. The molecule has 0 radical (unpaired) electrons. The van der Waals surface area contributed by atoms with E-state index in [1.165, 1.54) is 82.2 Å². The molecule has 0 spiro atoms. The zero-order valence-corrected chi connectivity index (χ0v) is 65.0. The van der Waals surface area contributed by atoms with Crippen molar-refractivity contribution in [1.29, 1.82) is 0 Å². The van der Waals surface area contributed by atoms with E-state index in [2.05, 4.69) is 277 Å². The quantitative estimate of drug-likeness (QED) is 0.244. The Balaban J connectivity index is -0.00000102. The van der Waals surface area contributed by atoms with Crippen molar-refractivity contribution >= 4 is 0 Å². The second-order valence-corrected chi connectivity index (χ2v) is 35.0. The summed E-state index contributed by atoms with van der Waals surface area (Å²) in [4.78, 5) is 0. The van der Waals surface area contributed by atoms with Crippen LogP contribution in [0, 0.1) is 102 Å². The van der Waals surface area contributed by atoms with Crippen LogP contribution in [0.3, 0.4) is 0 Å². The van der Waals surface area contributed by atoms with Crippen molar-refractivity contribution in [1.82, 2.24) is 0 Å². The second-order valence-electron chi connectivity index (χ2n) is 35.0. The molecule has 2 fully saturated rings. The van der Waals surface area contributed by atoms with E-state index in [0.29, 0.717) is 5.92 Å². The zero-order valence-electron chi connectivity index (χ0n) is 75.0. The first-order valence-corrected chi connectivity index (χ1v) is 33.9. The second kappa shape index (κ2) is 37.1. The average Bonchev–Trinajstić information content (AvgIpc) is 1.17. The minimum atomic E-state index is -2.64. The van der Waals surface area contributed by atoms with Crippen LogP contribution in [0.4, 0.5) is 0 Å². The maximum Gasteiger partial charge on any atom is 0.0311 e. The van der Waals surface area contributed by atoms with Gasteiger partial charge in [-0.15, -0.1) is 0 Å². The van der Waals surface area contributed by atoms with Gasteiger partial charge in [-0.2, -0.15) is 0 Å². The summed E-state index contributed by atoms with van der Waals surface area (Å²) >= 11 is 0. The average molecular weight is 1190 g/mol. The fourth-order valence-corrected chi connectivity index (χ4v) is 12.2. The van der Waals surface area contributed by atoms with E-state index < -0.39 is 24.5 Å². The van der Waals surface area contributed by atoms with Gasteiger partial charge in [-0.25, -0.2) is 0 Å². The van der Waals surface area contributed by atoms with Crippen LogP contribution >= 0.6 is 0 Å². The van der Waals surface area contributed by atoms with Crippen molar-refractivity contribution in [2.75, 3.05) is 0 Å². The SMILES string of the molecule is CCc1cccc(CC)c1C(C)(C)C.Cc1cc(C)c(C(C)(C)C)c(C)c1.Cc1cccc(C)c1C(C)(C)C.[2H]C(C)(C(C)(C)C)C(C)(C)C.[2H]C(C)(C(C)C)C(C)(C)C.[2H]C([2H])([2H])C([2H])(C([2H])([2H])C)C(C)(C)C.[2H]C1(C(C)(C)C)CCCC1.[2H]C1(C(C)(C)C)CCCCC1. The Morgan fingerprint density at radius 1 is 0.435 bits per heavy atom. The standard InChI is InChI=1S/C14H22.C13H20.C12H18.C10H20.C10H22.C9H18.C9H20.C8H18/c1-6-11-9-8-10-12(7-2)13(11)14(3,4)5;1-9-7-10(2)12(11(3)8-9)13(4,5)6;1-9-7-6-8-10(2)11(9)12(3,4)5;1-10(2,3)9-7-5-4-6-8-9;1-8(9(2,3)4)10(5,6)7;1-9(2,3)8-6-4-5-7-8;1-7(2)8(3)9(4,5)6;1-6-7(2)8(3,4)5/h8-10H,6-7H2,1-5H3;7-8H,1-6H3;6-8H,1-5H3;9H,4-8H2,1-3H3;8H,1-7H3;8H,4-7H2,1-3H3;7-8H,1-6H3;7H,6H2,1-5H3/i;;;9D;3*8D;2D3,6D2,7D. The molecule has 0 saturated heterocycles. The molecule has 0 aromatic heterocycles. The lowest BCUT2D eigenvalue weighted by molar-refractivity contribution is 0.121. The molecule has 5 rings (SSSR count). The molecular weight excluding hydrogens is 1020 g/mol. The molecule has 0 aliphatic heterocycles. The summed E-state index contributed by atoms with van der Waals surface area (Å²) in [5, 5.41) is 0. The maximum atomic E-state index is 8.27. The van der Waals surface area contributed by atoms with E-state index in [4.69, 9.17) is 13.7 Å². The molecule has 2 aliphatic rings. The monoisotopic (exact) mass is 1190 g/mol. The van der Waals surface area contributed by atoms with E-state index in [0.717, 1.165) is 45.4 Å². The van der Waals surface area contributed by atoms with E-state index in [-0.39, 0.29) is 66.9 Å². The third-order valence-corrected chi connectivity index (χ3v) is 17.5. The predicted molar refractivity (Wildman–Crippen MR) is 396 cm³/mol. The molecule has 3 aromatic rings. The van der Waals surface area contributed by atoms with Crippen LogP contribution in [-0.2, 0) is 29.1 Å². The molecule has 2 saturated carbocycles. The van der Waals surface area contributed by atoms with Crippen molar-refractivity contribution in [3.8, 4) is 0 Å². The summed E-state index contributed by atoms with van der Waals surface area (Å²) in [6, 6.07) is 17.8. The number of benzene rings is 3. The first-order valence-electron chi connectivity index (χ1n) is 38.9. The van der Waals surface area contributed by atoms with Crippen molar-refractivity contribution in [3.05, 3.63) is 104 Å². The van der Waals surface area contributed by atoms with Gasteiger partial charge >= 0.3 is 0 Å².